The average molecular weight is 216 g/mol. The lowest BCUT2D eigenvalue weighted by atomic mass is 10.1. The first-order valence-corrected chi connectivity index (χ1v) is 6.05. The van der Waals surface area contributed by atoms with Crippen LogP contribution in [-0.2, 0) is 0 Å². The number of nitrogens with one attached hydrogen (secondary N) is 1. The third-order valence-electron chi connectivity index (χ3n) is 3.50. The number of carbonyl (C=O) groups excluding carboxylic acids is 1. The van der Waals surface area contributed by atoms with Crippen molar-refractivity contribution in [3.63, 3.8) is 0 Å². The van der Waals surface area contributed by atoms with Crippen LogP contribution in [0.2, 0.25) is 0 Å². The number of aromatic nitrogens is 1. The van der Waals surface area contributed by atoms with Gasteiger partial charge in [-0.15, -0.1) is 0 Å². The minimum absolute atomic E-state index is 0.0613. The van der Waals surface area contributed by atoms with Crippen LogP contribution in [0.25, 0.3) is 0 Å². The monoisotopic (exact) mass is 216 g/mol. The third kappa shape index (κ3) is 2.08. The molecule has 2 aliphatic rings. The van der Waals surface area contributed by atoms with Gasteiger partial charge in [0.05, 0.1) is 0 Å². The maximum atomic E-state index is 12.0. The zero-order valence-electron chi connectivity index (χ0n) is 9.23. The molecule has 0 aromatic carbocycles. The molecule has 1 heterocycles. The van der Waals surface area contributed by atoms with Gasteiger partial charge in [0.25, 0.3) is 5.91 Å². The van der Waals surface area contributed by atoms with Gasteiger partial charge in [-0.1, -0.05) is 0 Å². The minimum atomic E-state index is 0.0613. The molecule has 0 spiro atoms. The van der Waals surface area contributed by atoms with Crippen LogP contribution in [-0.4, -0.2) is 16.9 Å². The van der Waals surface area contributed by atoms with E-state index >= 15 is 0 Å². The Morgan fingerprint density at radius 2 is 1.75 bits per heavy atom. The second-order valence-corrected chi connectivity index (χ2v) is 4.91. The topological polar surface area (TPSA) is 42.0 Å². The van der Waals surface area contributed by atoms with Crippen LogP contribution in [0, 0.1) is 11.8 Å². The number of hydrogen-bond acceptors (Lipinski definition) is 2. The third-order valence-corrected chi connectivity index (χ3v) is 3.50. The highest BCUT2D eigenvalue weighted by Gasteiger charge is 2.42. The molecular weight excluding hydrogens is 200 g/mol. The minimum Gasteiger partial charge on any atom is -0.349 e. The fraction of sp³-hybridized carbons (Fsp3) is 0.538. The smallest absolute Gasteiger partial charge is 0.251 e. The highest BCUT2D eigenvalue weighted by molar-refractivity contribution is 5.94. The van der Waals surface area contributed by atoms with E-state index in [0.717, 1.165) is 17.4 Å². The molecule has 1 amide bonds. The van der Waals surface area contributed by atoms with Crippen LogP contribution in [0.4, 0.5) is 0 Å². The van der Waals surface area contributed by atoms with Crippen molar-refractivity contribution in [1.82, 2.24) is 10.3 Å². The van der Waals surface area contributed by atoms with Crippen molar-refractivity contribution in [1.29, 1.82) is 0 Å². The molecule has 3 rings (SSSR count). The lowest BCUT2D eigenvalue weighted by Gasteiger charge is -2.17. The number of nitrogens with zero attached hydrogens (tertiary/aromatic N) is 1. The highest BCUT2D eigenvalue weighted by atomic mass is 16.1. The van der Waals surface area contributed by atoms with E-state index in [0.29, 0.717) is 6.04 Å². The summed E-state index contributed by atoms with van der Waals surface area (Å²) in [7, 11) is 0. The molecule has 0 atom stereocenters. The SMILES string of the molecule is O=C(NC(C1CC1)C1CC1)c1ccncc1. The Morgan fingerprint density at radius 1 is 1.19 bits per heavy atom. The molecule has 1 N–H and O–H groups in total. The summed E-state index contributed by atoms with van der Waals surface area (Å²) in [4.78, 5) is 15.9. The summed E-state index contributed by atoms with van der Waals surface area (Å²) in [5.41, 5.74) is 0.723. The molecule has 1 aromatic rings. The second-order valence-electron chi connectivity index (χ2n) is 4.91. The maximum Gasteiger partial charge on any atom is 0.251 e. The van der Waals surface area contributed by atoms with Gasteiger partial charge in [-0.05, 0) is 49.7 Å². The first kappa shape index (κ1) is 9.82. The Labute approximate surface area is 95.3 Å². The fourth-order valence-corrected chi connectivity index (χ4v) is 2.27. The van der Waals surface area contributed by atoms with Crippen LogP contribution < -0.4 is 5.32 Å². The summed E-state index contributed by atoms with van der Waals surface area (Å²) in [6.07, 6.45) is 8.49. The van der Waals surface area contributed by atoms with Crippen molar-refractivity contribution >= 4 is 5.91 Å². The van der Waals surface area contributed by atoms with E-state index in [9.17, 15) is 4.79 Å². The van der Waals surface area contributed by atoms with Gasteiger partial charge in [-0.25, -0.2) is 0 Å². The molecule has 3 heteroatoms. The summed E-state index contributed by atoms with van der Waals surface area (Å²) in [6.45, 7) is 0. The van der Waals surface area contributed by atoms with Gasteiger partial charge in [-0.3, -0.25) is 9.78 Å². The van der Waals surface area contributed by atoms with Crippen molar-refractivity contribution in [2.75, 3.05) is 0 Å². The maximum absolute atomic E-state index is 12.0. The van der Waals surface area contributed by atoms with E-state index < -0.39 is 0 Å². The standard InChI is InChI=1S/C13H16N2O/c16-13(11-5-7-14-8-6-11)15-12(9-1-2-9)10-3-4-10/h5-10,12H,1-4H2,(H,15,16). The quantitative estimate of drug-likeness (QED) is 0.836. The zero-order valence-corrected chi connectivity index (χ0v) is 9.23. The lowest BCUT2D eigenvalue weighted by molar-refractivity contribution is 0.0926. The second kappa shape index (κ2) is 3.89. The van der Waals surface area contributed by atoms with Crippen molar-refractivity contribution < 1.29 is 4.79 Å². The van der Waals surface area contributed by atoms with Crippen LogP contribution in [0.15, 0.2) is 24.5 Å². The molecule has 2 aliphatic carbocycles. The Balaban J connectivity index is 1.66. The molecule has 16 heavy (non-hydrogen) atoms. The van der Waals surface area contributed by atoms with E-state index in [4.69, 9.17) is 0 Å². The number of carbonyl (C=O) groups is 1. The van der Waals surface area contributed by atoms with E-state index in [2.05, 4.69) is 10.3 Å². The van der Waals surface area contributed by atoms with Crippen LogP contribution >= 0.6 is 0 Å². The van der Waals surface area contributed by atoms with Gasteiger partial charge < -0.3 is 5.32 Å². The molecule has 84 valence electrons. The Kier molecular flexibility index (Phi) is 2.39. The molecule has 2 fully saturated rings. The van der Waals surface area contributed by atoms with Gasteiger partial charge in [0.2, 0.25) is 0 Å². The fourth-order valence-electron chi connectivity index (χ4n) is 2.27. The van der Waals surface area contributed by atoms with E-state index in [1.807, 2.05) is 0 Å². The van der Waals surface area contributed by atoms with Gasteiger partial charge in [0.15, 0.2) is 0 Å². The zero-order chi connectivity index (χ0) is 11.0. The van der Waals surface area contributed by atoms with Crippen LogP contribution in [0.1, 0.15) is 36.0 Å². The molecule has 0 unspecified atom stereocenters. The normalized spacial score (nSPS) is 19.8. The van der Waals surface area contributed by atoms with E-state index in [1.165, 1.54) is 25.7 Å². The predicted octanol–water partition coefficient (Wildman–Crippen LogP) is 2.00. The largest absolute Gasteiger partial charge is 0.349 e. The molecule has 0 radical (unpaired) electrons. The summed E-state index contributed by atoms with van der Waals surface area (Å²) < 4.78 is 0. The van der Waals surface area contributed by atoms with Gasteiger partial charge in [-0.2, -0.15) is 0 Å². The van der Waals surface area contributed by atoms with Crippen LogP contribution in [0.5, 0.6) is 0 Å². The number of pyridine rings is 1. The first-order valence-electron chi connectivity index (χ1n) is 6.05. The van der Waals surface area contributed by atoms with Gasteiger partial charge in [0.1, 0.15) is 0 Å². The summed E-state index contributed by atoms with van der Waals surface area (Å²) in [6, 6.07) is 3.97. The molecular formula is C13H16N2O. The summed E-state index contributed by atoms with van der Waals surface area (Å²) in [5, 5.41) is 3.19. The molecule has 1 aromatic heterocycles. The average Bonchev–Trinajstić information content (AvgIpc) is 3.19. The molecule has 2 saturated carbocycles. The van der Waals surface area contributed by atoms with E-state index in [-0.39, 0.29) is 5.91 Å². The highest BCUT2D eigenvalue weighted by Crippen LogP contribution is 2.44. The lowest BCUT2D eigenvalue weighted by Crippen LogP contribution is -2.38. The summed E-state index contributed by atoms with van der Waals surface area (Å²) in [5.74, 6) is 1.56. The Morgan fingerprint density at radius 3 is 2.25 bits per heavy atom. The molecule has 0 bridgehead atoms. The van der Waals surface area contributed by atoms with Gasteiger partial charge in [0, 0.05) is 24.0 Å². The van der Waals surface area contributed by atoms with Crippen molar-refractivity contribution in [2.24, 2.45) is 11.8 Å². The Bertz CT molecular complexity index is 370. The van der Waals surface area contributed by atoms with Crippen molar-refractivity contribution in [3.05, 3.63) is 30.1 Å². The predicted molar refractivity (Wildman–Crippen MR) is 60.9 cm³/mol. The first-order chi connectivity index (χ1) is 7.84. The molecule has 3 nitrogen and oxygen atoms in total. The Hall–Kier alpha value is -1.38. The number of amides is 1. The van der Waals surface area contributed by atoms with Crippen molar-refractivity contribution in [3.8, 4) is 0 Å². The van der Waals surface area contributed by atoms with Gasteiger partial charge >= 0.3 is 0 Å². The van der Waals surface area contributed by atoms with Crippen LogP contribution in [0.3, 0.4) is 0 Å². The summed E-state index contributed by atoms with van der Waals surface area (Å²) >= 11 is 0. The molecule has 0 aliphatic heterocycles. The molecule has 0 saturated heterocycles. The number of rotatable bonds is 4. The van der Waals surface area contributed by atoms with Crippen molar-refractivity contribution in [2.45, 2.75) is 31.7 Å². The number of hydrogen-bond donors (Lipinski definition) is 1. The van der Waals surface area contributed by atoms with E-state index in [1.54, 1.807) is 24.5 Å².